The first kappa shape index (κ1) is 14.7. The van der Waals surface area contributed by atoms with Gasteiger partial charge in [-0.2, -0.15) is 31.6 Å². The molecule has 112 valence electrons. The van der Waals surface area contributed by atoms with Crippen molar-refractivity contribution in [3.8, 4) is 6.07 Å². The Hall–Kier alpha value is -3.24. The van der Waals surface area contributed by atoms with Crippen LogP contribution in [0, 0.1) is 11.3 Å². The lowest BCUT2D eigenvalue weighted by Gasteiger charge is -2.06. The maximum atomic E-state index is 9.37. The van der Waals surface area contributed by atoms with Crippen molar-refractivity contribution in [2.75, 3.05) is 11.1 Å². The number of nitrogens with two attached hydrogens (primary N) is 1. The van der Waals surface area contributed by atoms with Crippen LogP contribution in [0.25, 0.3) is 11.6 Å². The molecule has 0 atom stereocenters. The number of thiophene rings is 1. The van der Waals surface area contributed by atoms with E-state index in [1.165, 1.54) is 0 Å². The van der Waals surface area contributed by atoms with Crippen LogP contribution in [0.4, 0.5) is 17.6 Å². The Bertz CT molecular complexity index is 865. The van der Waals surface area contributed by atoms with Gasteiger partial charge in [0.05, 0.1) is 5.57 Å². The molecule has 0 unspecified atom stereocenters. The molecule has 1 aromatic carbocycles. The summed E-state index contributed by atoms with van der Waals surface area (Å²) in [5, 5.41) is 16.3. The zero-order chi connectivity index (χ0) is 16.1. The van der Waals surface area contributed by atoms with Gasteiger partial charge in [-0.3, -0.25) is 0 Å². The van der Waals surface area contributed by atoms with E-state index in [2.05, 4.69) is 26.3 Å². The van der Waals surface area contributed by atoms with Gasteiger partial charge < -0.3 is 11.1 Å². The Balaban J connectivity index is 1.95. The Morgan fingerprint density at radius 3 is 2.70 bits per heavy atom. The number of para-hydroxylation sites is 1. The van der Waals surface area contributed by atoms with Gasteiger partial charge in [0.1, 0.15) is 6.07 Å². The highest BCUT2D eigenvalue weighted by atomic mass is 32.1. The van der Waals surface area contributed by atoms with E-state index in [0.717, 1.165) is 11.3 Å². The molecule has 0 aliphatic carbocycles. The number of nitrogen functional groups attached to an aromatic ring is 1. The van der Waals surface area contributed by atoms with E-state index in [1.54, 1.807) is 17.4 Å². The summed E-state index contributed by atoms with van der Waals surface area (Å²) in [6.07, 6.45) is 1.72. The van der Waals surface area contributed by atoms with Crippen molar-refractivity contribution < 1.29 is 0 Å². The summed E-state index contributed by atoms with van der Waals surface area (Å²) in [4.78, 5) is 12.4. The summed E-state index contributed by atoms with van der Waals surface area (Å²) in [7, 11) is 0. The molecule has 0 saturated heterocycles. The van der Waals surface area contributed by atoms with Crippen molar-refractivity contribution in [3.05, 3.63) is 58.5 Å². The van der Waals surface area contributed by atoms with Crippen LogP contribution < -0.4 is 11.1 Å². The first-order valence-corrected chi connectivity index (χ1v) is 7.67. The van der Waals surface area contributed by atoms with Gasteiger partial charge in [0.25, 0.3) is 0 Å². The van der Waals surface area contributed by atoms with Gasteiger partial charge in [0.15, 0.2) is 5.82 Å². The van der Waals surface area contributed by atoms with Crippen LogP contribution in [0.1, 0.15) is 11.4 Å². The SMILES string of the molecule is N#C/C(=C\c1ccsc1)c1nc(N)nc(Nc2ccccc2)n1. The Labute approximate surface area is 137 Å². The molecule has 0 amide bonds. The topological polar surface area (TPSA) is 101 Å². The maximum absolute atomic E-state index is 9.37. The van der Waals surface area contributed by atoms with Gasteiger partial charge in [-0.1, -0.05) is 18.2 Å². The highest BCUT2D eigenvalue weighted by Crippen LogP contribution is 2.19. The lowest BCUT2D eigenvalue weighted by molar-refractivity contribution is 1.04. The second-order valence-electron chi connectivity index (χ2n) is 4.56. The zero-order valence-electron chi connectivity index (χ0n) is 12.0. The quantitative estimate of drug-likeness (QED) is 0.715. The minimum absolute atomic E-state index is 0.0555. The third-order valence-electron chi connectivity index (χ3n) is 2.90. The average Bonchev–Trinajstić information content (AvgIpc) is 3.06. The number of nitrogens with one attached hydrogen (secondary N) is 1. The number of nitrogens with zero attached hydrogens (tertiary/aromatic N) is 4. The maximum Gasteiger partial charge on any atom is 0.232 e. The summed E-state index contributed by atoms with van der Waals surface area (Å²) in [6, 6.07) is 13.5. The van der Waals surface area contributed by atoms with E-state index >= 15 is 0 Å². The number of rotatable bonds is 4. The van der Waals surface area contributed by atoms with Gasteiger partial charge in [-0.15, -0.1) is 0 Å². The van der Waals surface area contributed by atoms with Crippen molar-refractivity contribution in [3.63, 3.8) is 0 Å². The minimum Gasteiger partial charge on any atom is -0.368 e. The van der Waals surface area contributed by atoms with E-state index in [-0.39, 0.29) is 11.8 Å². The fourth-order valence-corrected chi connectivity index (χ4v) is 2.51. The van der Waals surface area contributed by atoms with Crippen molar-refractivity contribution in [2.24, 2.45) is 0 Å². The van der Waals surface area contributed by atoms with Crippen molar-refractivity contribution in [2.45, 2.75) is 0 Å². The predicted molar refractivity (Wildman–Crippen MR) is 91.8 cm³/mol. The van der Waals surface area contributed by atoms with Crippen LogP contribution in [0.5, 0.6) is 0 Å². The fraction of sp³-hybridized carbons (Fsp3) is 0. The molecule has 0 bridgehead atoms. The smallest absolute Gasteiger partial charge is 0.232 e. The summed E-state index contributed by atoms with van der Waals surface area (Å²) in [5.41, 5.74) is 7.81. The molecule has 0 aliphatic heterocycles. The van der Waals surface area contributed by atoms with E-state index < -0.39 is 0 Å². The van der Waals surface area contributed by atoms with Gasteiger partial charge in [0, 0.05) is 5.69 Å². The highest BCUT2D eigenvalue weighted by molar-refractivity contribution is 7.08. The van der Waals surface area contributed by atoms with Crippen LogP contribution >= 0.6 is 11.3 Å². The van der Waals surface area contributed by atoms with E-state index in [1.807, 2.05) is 47.2 Å². The monoisotopic (exact) mass is 320 g/mol. The first-order valence-electron chi connectivity index (χ1n) is 6.72. The Morgan fingerprint density at radius 1 is 1.17 bits per heavy atom. The van der Waals surface area contributed by atoms with Crippen LogP contribution in [0.2, 0.25) is 0 Å². The summed E-state index contributed by atoms with van der Waals surface area (Å²) < 4.78 is 0. The van der Waals surface area contributed by atoms with Crippen molar-refractivity contribution in [1.82, 2.24) is 15.0 Å². The Morgan fingerprint density at radius 2 is 2.00 bits per heavy atom. The number of nitriles is 1. The molecule has 3 rings (SSSR count). The molecule has 3 N–H and O–H groups in total. The molecule has 2 heterocycles. The largest absolute Gasteiger partial charge is 0.368 e. The van der Waals surface area contributed by atoms with Crippen LogP contribution in [-0.2, 0) is 0 Å². The Kier molecular flexibility index (Phi) is 4.27. The normalized spacial score (nSPS) is 11.0. The second-order valence-corrected chi connectivity index (χ2v) is 5.34. The zero-order valence-corrected chi connectivity index (χ0v) is 12.8. The van der Waals surface area contributed by atoms with E-state index in [0.29, 0.717) is 11.5 Å². The molecule has 0 spiro atoms. The number of hydrogen-bond acceptors (Lipinski definition) is 7. The molecule has 23 heavy (non-hydrogen) atoms. The molecule has 6 nitrogen and oxygen atoms in total. The molecule has 0 aliphatic rings. The van der Waals surface area contributed by atoms with Crippen molar-refractivity contribution in [1.29, 1.82) is 5.26 Å². The van der Waals surface area contributed by atoms with Crippen LogP contribution in [-0.4, -0.2) is 15.0 Å². The van der Waals surface area contributed by atoms with Crippen LogP contribution in [0.15, 0.2) is 47.2 Å². The standard InChI is InChI=1S/C16H12N6S/c17-9-12(8-11-6-7-23-10-11)14-20-15(18)22-16(21-14)19-13-4-2-1-3-5-13/h1-8,10H,(H3,18,19,20,21,22)/b12-8+. The molecule has 3 aromatic rings. The van der Waals surface area contributed by atoms with Crippen molar-refractivity contribution >= 4 is 40.6 Å². The van der Waals surface area contributed by atoms with Gasteiger partial charge >= 0.3 is 0 Å². The van der Waals surface area contributed by atoms with E-state index in [4.69, 9.17) is 5.73 Å². The summed E-state index contributed by atoms with van der Waals surface area (Å²) >= 11 is 1.55. The summed E-state index contributed by atoms with van der Waals surface area (Å²) in [6.45, 7) is 0. The summed E-state index contributed by atoms with van der Waals surface area (Å²) in [5.74, 6) is 0.592. The second kappa shape index (κ2) is 6.68. The fourth-order valence-electron chi connectivity index (χ4n) is 1.89. The molecule has 0 radical (unpaired) electrons. The predicted octanol–water partition coefficient (Wildman–Crippen LogP) is 3.32. The minimum atomic E-state index is 0.0555. The number of aromatic nitrogens is 3. The number of benzene rings is 1. The molecular formula is C16H12N6S. The number of hydrogen-bond donors (Lipinski definition) is 2. The highest BCUT2D eigenvalue weighted by Gasteiger charge is 2.10. The lowest BCUT2D eigenvalue weighted by atomic mass is 10.2. The molecule has 0 saturated carbocycles. The third-order valence-corrected chi connectivity index (χ3v) is 3.60. The molecule has 7 heteroatoms. The average molecular weight is 320 g/mol. The van der Waals surface area contributed by atoms with Crippen LogP contribution in [0.3, 0.4) is 0 Å². The molecule has 2 aromatic heterocycles. The van der Waals surface area contributed by atoms with Gasteiger partial charge in [-0.25, -0.2) is 0 Å². The number of allylic oxidation sites excluding steroid dienone is 1. The first-order chi connectivity index (χ1) is 11.2. The lowest BCUT2D eigenvalue weighted by Crippen LogP contribution is -2.06. The third kappa shape index (κ3) is 3.70. The molecule has 0 fully saturated rings. The number of anilines is 3. The van der Waals surface area contributed by atoms with Gasteiger partial charge in [0.2, 0.25) is 11.9 Å². The van der Waals surface area contributed by atoms with Gasteiger partial charge in [-0.05, 0) is 40.6 Å². The molecular weight excluding hydrogens is 308 g/mol. The van der Waals surface area contributed by atoms with E-state index in [9.17, 15) is 5.26 Å².